The standard InChI is InChI=1S/C24H21F3N6O/c1-15-13-32(14-28-15)20-10-8-18(29-23(20)34)9-11-21-30-22-19(3-2-12-33(22)31-21)16-4-6-17(7-5-16)24(25,26)27/h4-11,13-14,19H,2-3,12H2,1H3,(H,29,34)/b11-9+. The van der Waals surface area contributed by atoms with Gasteiger partial charge >= 0.3 is 6.18 Å². The number of fused-ring (bicyclic) bond motifs is 1. The molecule has 3 aromatic heterocycles. The minimum absolute atomic E-state index is 0.122. The largest absolute Gasteiger partial charge is 0.416 e. The van der Waals surface area contributed by atoms with E-state index in [-0.39, 0.29) is 11.5 Å². The van der Waals surface area contributed by atoms with E-state index in [4.69, 9.17) is 0 Å². The molecule has 34 heavy (non-hydrogen) atoms. The number of imidazole rings is 1. The van der Waals surface area contributed by atoms with Gasteiger partial charge in [-0.1, -0.05) is 12.1 Å². The lowest BCUT2D eigenvalue weighted by atomic mass is 9.90. The molecule has 174 valence electrons. The van der Waals surface area contributed by atoms with Gasteiger partial charge in [-0.2, -0.15) is 18.3 Å². The van der Waals surface area contributed by atoms with Crippen LogP contribution in [0.15, 0.2) is 53.7 Å². The molecular weight excluding hydrogens is 445 g/mol. The van der Waals surface area contributed by atoms with Gasteiger partial charge in [0.1, 0.15) is 11.5 Å². The molecule has 0 radical (unpaired) electrons. The second-order valence-electron chi connectivity index (χ2n) is 8.25. The Hall–Kier alpha value is -3.95. The highest BCUT2D eigenvalue weighted by Crippen LogP contribution is 2.35. The van der Waals surface area contributed by atoms with Crippen LogP contribution in [0.1, 0.15) is 52.9 Å². The second-order valence-corrected chi connectivity index (χ2v) is 8.25. The van der Waals surface area contributed by atoms with E-state index >= 15 is 0 Å². The Morgan fingerprint density at radius 2 is 1.91 bits per heavy atom. The Kier molecular flexibility index (Phi) is 5.43. The molecule has 1 unspecified atom stereocenters. The van der Waals surface area contributed by atoms with E-state index in [1.165, 1.54) is 12.1 Å². The van der Waals surface area contributed by atoms with Gasteiger partial charge in [0.05, 0.1) is 17.6 Å². The third-order valence-corrected chi connectivity index (χ3v) is 5.84. The SMILES string of the molecule is Cc1cn(-c2ccc(/C=C/c3nc4n(n3)CCCC4c3ccc(C(F)(F)F)cc3)[nH]c2=O)cn1. The fourth-order valence-electron chi connectivity index (χ4n) is 4.16. The Bertz CT molecular complexity index is 1410. The molecule has 0 spiro atoms. The van der Waals surface area contributed by atoms with Crippen molar-refractivity contribution in [1.29, 1.82) is 0 Å². The van der Waals surface area contributed by atoms with E-state index in [9.17, 15) is 18.0 Å². The molecule has 1 N–H and O–H groups in total. The van der Waals surface area contributed by atoms with Crippen molar-refractivity contribution in [2.45, 2.75) is 38.4 Å². The summed E-state index contributed by atoms with van der Waals surface area (Å²) in [6.45, 7) is 2.55. The number of halogens is 3. The van der Waals surface area contributed by atoms with Crippen molar-refractivity contribution < 1.29 is 13.2 Å². The number of aromatic amines is 1. The van der Waals surface area contributed by atoms with Gasteiger partial charge in [-0.25, -0.2) is 14.6 Å². The molecule has 0 amide bonds. The minimum Gasteiger partial charge on any atom is -0.321 e. The molecular formula is C24H21F3N6O. The highest BCUT2D eigenvalue weighted by molar-refractivity contribution is 5.64. The molecule has 7 nitrogen and oxygen atoms in total. The predicted octanol–water partition coefficient (Wildman–Crippen LogP) is 4.58. The summed E-state index contributed by atoms with van der Waals surface area (Å²) < 4.78 is 42.2. The number of benzene rings is 1. The molecule has 1 aliphatic rings. The number of rotatable bonds is 4. The van der Waals surface area contributed by atoms with Crippen LogP contribution in [0.4, 0.5) is 13.2 Å². The maximum atomic E-state index is 12.9. The number of hydrogen-bond acceptors (Lipinski definition) is 4. The summed E-state index contributed by atoms with van der Waals surface area (Å²) in [6.07, 6.45) is 4.07. The van der Waals surface area contributed by atoms with Crippen LogP contribution in [-0.4, -0.2) is 29.3 Å². The zero-order valence-corrected chi connectivity index (χ0v) is 18.3. The van der Waals surface area contributed by atoms with Gasteiger partial charge in [0.25, 0.3) is 5.56 Å². The summed E-state index contributed by atoms with van der Waals surface area (Å²) in [5, 5.41) is 4.52. The summed E-state index contributed by atoms with van der Waals surface area (Å²) in [5.74, 6) is 1.08. The molecule has 0 fully saturated rings. The van der Waals surface area contributed by atoms with E-state index in [2.05, 4.69) is 20.1 Å². The number of aryl methyl sites for hydroxylation is 2. The number of nitrogens with zero attached hydrogens (tertiary/aromatic N) is 5. The second kappa shape index (κ2) is 8.44. The first-order valence-corrected chi connectivity index (χ1v) is 10.8. The van der Waals surface area contributed by atoms with Crippen LogP contribution in [-0.2, 0) is 12.7 Å². The van der Waals surface area contributed by atoms with Gasteiger partial charge < -0.3 is 9.55 Å². The molecule has 0 aliphatic carbocycles. The molecule has 1 aromatic carbocycles. The van der Waals surface area contributed by atoms with Crippen molar-refractivity contribution in [2.75, 3.05) is 0 Å². The fourth-order valence-corrected chi connectivity index (χ4v) is 4.16. The van der Waals surface area contributed by atoms with Gasteiger partial charge in [0, 0.05) is 24.4 Å². The predicted molar refractivity (Wildman–Crippen MR) is 120 cm³/mol. The summed E-state index contributed by atoms with van der Waals surface area (Å²) >= 11 is 0. The Morgan fingerprint density at radius 1 is 1.12 bits per heavy atom. The smallest absolute Gasteiger partial charge is 0.321 e. The zero-order chi connectivity index (χ0) is 23.9. The van der Waals surface area contributed by atoms with Crippen LogP contribution in [0.3, 0.4) is 0 Å². The third-order valence-electron chi connectivity index (χ3n) is 5.84. The maximum absolute atomic E-state index is 12.9. The molecule has 0 saturated heterocycles. The van der Waals surface area contributed by atoms with Gasteiger partial charge in [0.15, 0.2) is 5.82 Å². The minimum atomic E-state index is -4.36. The monoisotopic (exact) mass is 466 g/mol. The fraction of sp³-hybridized carbons (Fsp3) is 0.250. The summed E-state index contributed by atoms with van der Waals surface area (Å²) in [6, 6.07) is 8.74. The van der Waals surface area contributed by atoms with Crippen LogP contribution in [0.5, 0.6) is 0 Å². The van der Waals surface area contributed by atoms with Crippen molar-refractivity contribution in [3.63, 3.8) is 0 Å². The molecule has 4 aromatic rings. The molecule has 10 heteroatoms. The Labute approximate surface area is 192 Å². The molecule has 1 aliphatic heterocycles. The first-order valence-electron chi connectivity index (χ1n) is 10.8. The lowest BCUT2D eigenvalue weighted by Crippen LogP contribution is -2.18. The number of hydrogen-bond donors (Lipinski definition) is 1. The topological polar surface area (TPSA) is 81.4 Å². The Morgan fingerprint density at radius 3 is 2.59 bits per heavy atom. The number of alkyl halides is 3. The van der Waals surface area contributed by atoms with E-state index in [1.54, 1.807) is 46.1 Å². The van der Waals surface area contributed by atoms with Crippen molar-refractivity contribution in [1.82, 2.24) is 29.3 Å². The normalized spacial score (nSPS) is 16.2. The first-order chi connectivity index (χ1) is 16.3. The van der Waals surface area contributed by atoms with Crippen LogP contribution in [0.2, 0.25) is 0 Å². The maximum Gasteiger partial charge on any atom is 0.416 e. The third kappa shape index (κ3) is 4.30. The van der Waals surface area contributed by atoms with Crippen molar-refractivity contribution in [3.8, 4) is 5.69 Å². The van der Waals surface area contributed by atoms with Gasteiger partial charge in [-0.3, -0.25) is 4.79 Å². The van der Waals surface area contributed by atoms with Crippen LogP contribution >= 0.6 is 0 Å². The van der Waals surface area contributed by atoms with Crippen LogP contribution < -0.4 is 5.56 Å². The highest BCUT2D eigenvalue weighted by atomic mass is 19.4. The van der Waals surface area contributed by atoms with E-state index in [1.807, 2.05) is 6.92 Å². The molecule has 0 bridgehead atoms. The lowest BCUT2D eigenvalue weighted by Gasteiger charge is -2.22. The van der Waals surface area contributed by atoms with Gasteiger partial charge in [-0.15, -0.1) is 0 Å². The van der Waals surface area contributed by atoms with Crippen LogP contribution in [0.25, 0.3) is 17.8 Å². The summed E-state index contributed by atoms with van der Waals surface area (Å²) in [4.78, 5) is 24.0. The van der Waals surface area contributed by atoms with Crippen LogP contribution in [0, 0.1) is 6.92 Å². The number of aromatic nitrogens is 6. The lowest BCUT2D eigenvalue weighted by molar-refractivity contribution is -0.137. The van der Waals surface area contributed by atoms with Crippen molar-refractivity contribution in [2.24, 2.45) is 0 Å². The Balaban J connectivity index is 1.37. The van der Waals surface area contributed by atoms with E-state index < -0.39 is 11.7 Å². The quantitative estimate of drug-likeness (QED) is 0.478. The van der Waals surface area contributed by atoms with E-state index in [0.29, 0.717) is 23.8 Å². The molecule has 5 rings (SSSR count). The van der Waals surface area contributed by atoms with Gasteiger partial charge in [-0.05, 0) is 61.7 Å². The number of H-pyrrole nitrogens is 1. The van der Waals surface area contributed by atoms with Gasteiger partial charge in [0.2, 0.25) is 0 Å². The average Bonchev–Trinajstić information content (AvgIpc) is 3.43. The molecule has 0 saturated carbocycles. The number of nitrogens with one attached hydrogen (secondary N) is 1. The van der Waals surface area contributed by atoms with Crippen molar-refractivity contribution in [3.05, 3.63) is 93.4 Å². The first kappa shape index (κ1) is 21.9. The molecule has 4 heterocycles. The average molecular weight is 466 g/mol. The molecule has 1 atom stereocenters. The van der Waals surface area contributed by atoms with E-state index in [0.717, 1.165) is 42.1 Å². The zero-order valence-electron chi connectivity index (χ0n) is 18.3. The summed E-state index contributed by atoms with van der Waals surface area (Å²) in [5.41, 5.74) is 1.74. The van der Waals surface area contributed by atoms with Crippen molar-refractivity contribution >= 4 is 12.2 Å². The summed E-state index contributed by atoms with van der Waals surface area (Å²) in [7, 11) is 0. The highest BCUT2D eigenvalue weighted by Gasteiger charge is 2.31. The number of pyridine rings is 1.